The van der Waals surface area contributed by atoms with Crippen LogP contribution in [0, 0.1) is 92.3 Å². The summed E-state index contributed by atoms with van der Waals surface area (Å²) in [6, 6.07) is 11.9. The largest absolute Gasteiger partial charge is 0.337 e. The number of benzene rings is 3. The third kappa shape index (κ3) is 20.0. The average molecular weight is 1700 g/mol. The number of ketones is 2. The van der Waals surface area contributed by atoms with Gasteiger partial charge in [0.2, 0.25) is 0 Å². The second-order valence-electron chi connectivity index (χ2n) is 34.4. The highest BCUT2D eigenvalue weighted by molar-refractivity contribution is 7.34. The highest BCUT2D eigenvalue weighted by Gasteiger charge is 2.39. The number of nitrogens with zero attached hydrogens (tertiary/aromatic N) is 8. The summed E-state index contributed by atoms with van der Waals surface area (Å²) in [6.07, 6.45) is 50.8. The van der Waals surface area contributed by atoms with Crippen molar-refractivity contribution in [3.63, 3.8) is 0 Å². The maximum Gasteiger partial charge on any atom is 0.194 e. The Morgan fingerprint density at radius 2 is 0.664 bits per heavy atom. The number of thiophene rings is 4. The minimum Gasteiger partial charge on any atom is -0.337 e. The predicted octanol–water partition coefficient (Wildman–Crippen LogP) is 32.5. The summed E-state index contributed by atoms with van der Waals surface area (Å²) < 4.78 is 84.9. The Morgan fingerprint density at radius 1 is 0.370 bits per heavy atom. The normalized spacial score (nSPS) is 14.7. The lowest BCUT2D eigenvalue weighted by Gasteiger charge is -2.20. The van der Waals surface area contributed by atoms with Crippen LogP contribution in [-0.2, 0) is 25.9 Å². The van der Waals surface area contributed by atoms with Gasteiger partial charge in [-0.3, -0.25) is 9.59 Å². The van der Waals surface area contributed by atoms with Gasteiger partial charge in [-0.15, -0.1) is 45.3 Å². The molecule has 7 heterocycles. The van der Waals surface area contributed by atoms with E-state index in [2.05, 4.69) is 64.5 Å². The lowest BCUT2D eigenvalue weighted by Crippen LogP contribution is -2.13. The van der Waals surface area contributed by atoms with Gasteiger partial charge in [0, 0.05) is 67.0 Å². The molecule has 2 aliphatic carbocycles. The quantitative estimate of drug-likeness (QED) is 0.0157. The fourth-order valence-corrected chi connectivity index (χ4v) is 25.6. The molecule has 7 aromatic heterocycles. The van der Waals surface area contributed by atoms with Crippen molar-refractivity contribution in [1.29, 1.82) is 21.0 Å². The van der Waals surface area contributed by atoms with Crippen LogP contribution in [0.25, 0.3) is 95.4 Å². The monoisotopic (exact) mass is 1700 g/mol. The Labute approximate surface area is 723 Å². The van der Waals surface area contributed by atoms with Gasteiger partial charge >= 0.3 is 0 Å². The van der Waals surface area contributed by atoms with Crippen molar-refractivity contribution in [3.05, 3.63) is 113 Å². The van der Waals surface area contributed by atoms with E-state index >= 15 is 27.2 Å². The second kappa shape index (κ2) is 43.9. The molecule has 19 heteroatoms. The molecule has 4 unspecified atom stereocenters. The molecule has 0 aliphatic heterocycles. The van der Waals surface area contributed by atoms with Crippen LogP contribution < -0.4 is 0 Å². The molecule has 0 saturated heterocycles. The first kappa shape index (κ1) is 90.6. The fraction of sp³-hybridized carbons (Fsp3) is 0.560. The van der Waals surface area contributed by atoms with Gasteiger partial charge in [-0.2, -0.15) is 29.8 Å². The van der Waals surface area contributed by atoms with E-state index in [9.17, 15) is 21.0 Å². The van der Waals surface area contributed by atoms with E-state index in [0.717, 1.165) is 258 Å². The first-order chi connectivity index (χ1) is 58.1. The van der Waals surface area contributed by atoms with Gasteiger partial charge in [0.25, 0.3) is 0 Å². The SMILES string of the molecule is CCCCCCCCCCC(CCCCCCCC)Cc1c(C=C2C(=O)c3cc(F)c(F)cc3C2=C(C#N)C#N)sc2c1sc1c3c4nsnc4c4c5sc6c(CC(CCCCCCCC)CCCCCCCCCC)c(C=C7C(=O)c8cc(F)c(F)cc8C7=C(C#N)C#N)sc6c5n(CC(CC)CCCC)c4c3n(CC(CC)CCCC)c21. The zero-order valence-corrected chi connectivity index (χ0v) is 75.9. The van der Waals surface area contributed by atoms with Gasteiger partial charge in [0.1, 0.15) is 46.5 Å². The number of rotatable bonds is 50. The molecule has 10 nitrogen and oxygen atoms in total. The molecule has 12 rings (SSSR count). The van der Waals surface area contributed by atoms with Crippen LogP contribution in [0.5, 0.6) is 0 Å². The fourth-order valence-electron chi connectivity index (χ4n) is 19.2. The summed E-state index contributed by atoms with van der Waals surface area (Å²) in [4.78, 5) is 32.0. The molecule has 2 aliphatic rings. The lowest BCUT2D eigenvalue weighted by molar-refractivity contribution is 0.103. The summed E-state index contributed by atoms with van der Waals surface area (Å²) in [5.74, 6) is -4.68. The Kier molecular flexibility index (Phi) is 33.4. The molecule has 0 spiro atoms. The number of fused-ring (bicyclic) bond motifs is 16. The van der Waals surface area contributed by atoms with Gasteiger partial charge in [-0.05, 0) is 108 Å². The number of Topliss-reactive ketones (excluding diaryl/α,β-unsaturated/α-hetero) is 2. The highest BCUT2D eigenvalue weighted by Crippen LogP contribution is 2.57. The molecule has 119 heavy (non-hydrogen) atoms. The summed E-state index contributed by atoms with van der Waals surface area (Å²) in [5, 5.41) is 44.9. The maximum atomic E-state index is 15.6. The van der Waals surface area contributed by atoms with Crippen molar-refractivity contribution < 1.29 is 27.2 Å². The molecule has 3 aromatic carbocycles. The summed E-state index contributed by atoms with van der Waals surface area (Å²) in [6.45, 7) is 19.6. The van der Waals surface area contributed by atoms with E-state index in [0.29, 0.717) is 24.9 Å². The van der Waals surface area contributed by atoms with Crippen LogP contribution in [-0.4, -0.2) is 29.4 Å². The van der Waals surface area contributed by atoms with E-state index in [1.165, 1.54) is 140 Å². The van der Waals surface area contributed by atoms with Crippen LogP contribution in [0.1, 0.15) is 365 Å². The van der Waals surface area contributed by atoms with Gasteiger partial charge < -0.3 is 9.13 Å². The average Bonchev–Trinajstić information content (AvgIpc) is 1.50. The van der Waals surface area contributed by atoms with Crippen LogP contribution in [0.2, 0.25) is 0 Å². The van der Waals surface area contributed by atoms with Crippen molar-refractivity contribution in [1.82, 2.24) is 17.9 Å². The van der Waals surface area contributed by atoms with Crippen molar-refractivity contribution in [3.8, 4) is 24.3 Å². The molecular formula is C100H122F4N8O2S5. The standard InChI is InChI=1S/C100H122F4N8O2S5/c1-9-17-23-27-31-33-37-41-47-65(45-39-35-29-25-19-11-3)49-73-81(55-75-83(67(57-105)58-106)69-51-77(101)79(103)53-71(69)93(75)113)115-99-91-97(117-95(73)99)85-87-88(110-119-109-87)86-90(89(85)111(91)61-63(15-7)43-21-13-5)112(62-64(16-8)44-22-14-6)92-98(86)118-96-74(50-66(46-40-36-30-26-20-12-4)48-42-38-34-32-28-24-18-10-2)82(116-100(92)96)56-76-84(68(59-107)60-108)70-52-78(102)80(104)54-72(70)94(76)114/h51-56,63-66H,9-50,61-62H2,1-8H3. The molecule has 0 bridgehead atoms. The molecule has 0 saturated carbocycles. The number of nitriles is 4. The number of halogens is 4. The number of allylic oxidation sites excluding steroid dienone is 6. The molecular weight excluding hydrogens is 1580 g/mol. The zero-order chi connectivity index (χ0) is 84.2. The maximum absolute atomic E-state index is 15.6. The number of carbonyl (C=O) groups is 2. The summed E-state index contributed by atoms with van der Waals surface area (Å²) in [7, 11) is 0. The van der Waals surface area contributed by atoms with E-state index in [-0.39, 0.29) is 67.5 Å². The minimum absolute atomic E-state index is 0.0215. The second-order valence-corrected chi connectivity index (χ2v) is 39.0. The Balaban J connectivity index is 1.15. The molecule has 0 radical (unpaired) electrons. The Hall–Kier alpha value is -7.62. The Bertz CT molecular complexity index is 5210. The summed E-state index contributed by atoms with van der Waals surface area (Å²) >= 11 is 8.12. The van der Waals surface area contributed by atoms with Crippen molar-refractivity contribution in [2.75, 3.05) is 0 Å². The smallest absolute Gasteiger partial charge is 0.194 e. The van der Waals surface area contributed by atoms with Gasteiger partial charge in [-0.25, -0.2) is 17.6 Å². The van der Waals surface area contributed by atoms with E-state index in [1.54, 1.807) is 45.3 Å². The lowest BCUT2D eigenvalue weighted by atomic mass is 9.88. The van der Waals surface area contributed by atoms with Crippen LogP contribution in [0.15, 0.2) is 46.6 Å². The van der Waals surface area contributed by atoms with Crippen molar-refractivity contribution in [2.45, 2.75) is 338 Å². The molecule has 0 fully saturated rings. The predicted molar refractivity (Wildman–Crippen MR) is 495 cm³/mol. The highest BCUT2D eigenvalue weighted by atomic mass is 32.1. The Morgan fingerprint density at radius 3 is 0.966 bits per heavy atom. The van der Waals surface area contributed by atoms with Crippen LogP contribution >= 0.6 is 57.1 Å². The minimum atomic E-state index is -1.18. The number of carbonyl (C=O) groups excluding carboxylic acids is 2. The number of hydrogen-bond acceptors (Lipinski definition) is 13. The third-order valence-electron chi connectivity index (χ3n) is 25.9. The number of hydrogen-bond donors (Lipinski definition) is 0. The molecule has 0 amide bonds. The topological polar surface area (TPSA) is 165 Å². The summed E-state index contributed by atoms with van der Waals surface area (Å²) in [5.41, 5.74) is 7.74. The van der Waals surface area contributed by atoms with E-state index < -0.39 is 34.8 Å². The molecule has 10 aromatic rings. The van der Waals surface area contributed by atoms with Crippen molar-refractivity contribution >= 4 is 164 Å². The molecule has 4 atom stereocenters. The van der Waals surface area contributed by atoms with E-state index in [1.807, 2.05) is 36.4 Å². The first-order valence-corrected chi connectivity index (χ1v) is 49.8. The van der Waals surface area contributed by atoms with Gasteiger partial charge in [-0.1, -0.05) is 299 Å². The first-order valence-electron chi connectivity index (χ1n) is 45.8. The molecule has 0 N–H and O–H groups in total. The van der Waals surface area contributed by atoms with Gasteiger partial charge in [0.15, 0.2) is 34.8 Å². The molecule has 632 valence electrons. The van der Waals surface area contributed by atoms with Crippen molar-refractivity contribution in [2.24, 2.45) is 23.7 Å². The van der Waals surface area contributed by atoms with E-state index in [4.69, 9.17) is 8.75 Å². The number of aromatic nitrogens is 4. The van der Waals surface area contributed by atoms with Crippen LogP contribution in [0.4, 0.5) is 17.6 Å². The third-order valence-corrected chi connectivity index (χ3v) is 31.6. The zero-order valence-electron chi connectivity index (χ0n) is 71.8. The van der Waals surface area contributed by atoms with Crippen LogP contribution in [0.3, 0.4) is 0 Å². The number of unbranched alkanes of at least 4 members (excludes halogenated alkanes) is 26. The van der Waals surface area contributed by atoms with Gasteiger partial charge in [0.05, 0.1) is 62.0 Å².